The minimum atomic E-state index is -0.188. The summed E-state index contributed by atoms with van der Waals surface area (Å²) >= 11 is 1.64. The Labute approximate surface area is 176 Å². The molecule has 0 spiro atoms. The third kappa shape index (κ3) is 6.19. The van der Waals surface area contributed by atoms with Gasteiger partial charge in [-0.15, -0.1) is 35.3 Å². The SMILES string of the molecule is CN=C(NCc1nc(C(C)(C)C)cs1)NC(C)c1ccc(C)c(F)c1.I. The quantitative estimate of drug-likeness (QED) is 0.363. The molecule has 2 N–H and O–H groups in total. The molecule has 0 aliphatic rings. The summed E-state index contributed by atoms with van der Waals surface area (Å²) in [5.41, 5.74) is 2.69. The van der Waals surface area contributed by atoms with Crippen molar-refractivity contribution in [3.63, 3.8) is 0 Å². The lowest BCUT2D eigenvalue weighted by atomic mass is 9.93. The number of thiazole rings is 1. The molecule has 1 heterocycles. The molecule has 1 atom stereocenters. The summed E-state index contributed by atoms with van der Waals surface area (Å²) in [5.74, 6) is 0.479. The van der Waals surface area contributed by atoms with Crippen molar-refractivity contribution in [3.05, 3.63) is 51.2 Å². The maximum Gasteiger partial charge on any atom is 0.191 e. The molecular formula is C19H28FIN4S. The number of nitrogens with zero attached hydrogens (tertiary/aromatic N) is 2. The molecule has 0 aliphatic heterocycles. The maximum atomic E-state index is 13.7. The number of aromatic nitrogens is 1. The molecule has 0 amide bonds. The summed E-state index contributed by atoms with van der Waals surface area (Å²) in [6, 6.07) is 5.24. The number of rotatable bonds is 4. The number of halogens is 2. The molecule has 7 heteroatoms. The first-order valence-electron chi connectivity index (χ1n) is 8.39. The van der Waals surface area contributed by atoms with Gasteiger partial charge in [0.2, 0.25) is 0 Å². The standard InChI is InChI=1S/C19H27FN4S.HI/c1-12-7-8-14(9-15(12)20)13(2)23-18(21-6)22-10-17-24-16(11-25-17)19(3,4)5;/h7-9,11,13H,10H2,1-6H3,(H2,21,22,23);1H. The van der Waals surface area contributed by atoms with Crippen molar-refractivity contribution in [2.75, 3.05) is 7.05 Å². The van der Waals surface area contributed by atoms with Gasteiger partial charge in [0.15, 0.2) is 5.96 Å². The van der Waals surface area contributed by atoms with Gasteiger partial charge in [0.25, 0.3) is 0 Å². The average molecular weight is 490 g/mol. The second-order valence-corrected chi connectivity index (χ2v) is 8.12. The average Bonchev–Trinajstić information content (AvgIpc) is 3.03. The van der Waals surface area contributed by atoms with Gasteiger partial charge in [0.05, 0.1) is 18.3 Å². The molecule has 0 saturated carbocycles. The normalized spacial score (nSPS) is 13.1. The van der Waals surface area contributed by atoms with Gasteiger partial charge in [0.1, 0.15) is 10.8 Å². The van der Waals surface area contributed by atoms with Gasteiger partial charge < -0.3 is 10.6 Å². The Balaban J connectivity index is 0.00000338. The monoisotopic (exact) mass is 490 g/mol. The van der Waals surface area contributed by atoms with Crippen LogP contribution in [0.25, 0.3) is 0 Å². The highest BCUT2D eigenvalue weighted by molar-refractivity contribution is 14.0. The predicted molar refractivity (Wildman–Crippen MR) is 119 cm³/mol. The topological polar surface area (TPSA) is 49.3 Å². The van der Waals surface area contributed by atoms with Crippen molar-refractivity contribution in [2.24, 2.45) is 4.99 Å². The van der Waals surface area contributed by atoms with Gasteiger partial charge in [0, 0.05) is 17.8 Å². The second kappa shape index (κ2) is 9.64. The van der Waals surface area contributed by atoms with Gasteiger partial charge in [-0.05, 0) is 31.0 Å². The fraction of sp³-hybridized carbons (Fsp3) is 0.474. The summed E-state index contributed by atoms with van der Waals surface area (Å²) in [7, 11) is 1.72. The van der Waals surface area contributed by atoms with Crippen LogP contribution >= 0.6 is 35.3 Å². The van der Waals surface area contributed by atoms with Gasteiger partial charge in [-0.2, -0.15) is 0 Å². The summed E-state index contributed by atoms with van der Waals surface area (Å²) < 4.78 is 13.7. The van der Waals surface area contributed by atoms with E-state index in [1.54, 1.807) is 37.4 Å². The summed E-state index contributed by atoms with van der Waals surface area (Å²) in [4.78, 5) is 8.91. The van der Waals surface area contributed by atoms with Gasteiger partial charge in [-0.3, -0.25) is 4.99 Å². The number of aliphatic imine (C=N–C) groups is 1. The van der Waals surface area contributed by atoms with E-state index in [1.165, 1.54) is 0 Å². The van der Waals surface area contributed by atoms with E-state index in [-0.39, 0.29) is 41.3 Å². The highest BCUT2D eigenvalue weighted by atomic mass is 127. The molecule has 0 aliphatic carbocycles. The van der Waals surface area contributed by atoms with Crippen LogP contribution in [-0.2, 0) is 12.0 Å². The van der Waals surface area contributed by atoms with Crippen LogP contribution in [0.4, 0.5) is 4.39 Å². The highest BCUT2D eigenvalue weighted by Crippen LogP contribution is 2.23. The van der Waals surface area contributed by atoms with Crippen LogP contribution in [0.2, 0.25) is 0 Å². The van der Waals surface area contributed by atoms with Gasteiger partial charge >= 0.3 is 0 Å². The van der Waals surface area contributed by atoms with Crippen molar-refractivity contribution in [3.8, 4) is 0 Å². The van der Waals surface area contributed by atoms with Crippen molar-refractivity contribution in [1.29, 1.82) is 0 Å². The van der Waals surface area contributed by atoms with E-state index in [0.29, 0.717) is 18.1 Å². The number of aryl methyl sites for hydroxylation is 1. The Hall–Kier alpha value is -1.22. The maximum absolute atomic E-state index is 13.7. The van der Waals surface area contributed by atoms with Crippen molar-refractivity contribution in [2.45, 2.75) is 52.6 Å². The molecule has 1 unspecified atom stereocenters. The first-order valence-corrected chi connectivity index (χ1v) is 9.27. The molecule has 0 fully saturated rings. The lowest BCUT2D eigenvalue weighted by molar-refractivity contribution is 0.570. The Bertz CT molecular complexity index is 752. The van der Waals surface area contributed by atoms with Crippen LogP contribution in [0.1, 0.15) is 55.6 Å². The minimum absolute atomic E-state index is 0. The zero-order valence-corrected chi connectivity index (χ0v) is 19.3. The van der Waals surface area contributed by atoms with Crippen molar-refractivity contribution in [1.82, 2.24) is 15.6 Å². The van der Waals surface area contributed by atoms with Gasteiger partial charge in [-0.25, -0.2) is 9.37 Å². The Morgan fingerprint density at radius 1 is 1.35 bits per heavy atom. The fourth-order valence-corrected chi connectivity index (χ4v) is 3.22. The van der Waals surface area contributed by atoms with Crippen molar-refractivity contribution >= 4 is 41.3 Å². The number of hydrogen-bond acceptors (Lipinski definition) is 3. The molecule has 0 bridgehead atoms. The smallest absolute Gasteiger partial charge is 0.191 e. The molecule has 2 rings (SSSR count). The van der Waals surface area contributed by atoms with E-state index in [0.717, 1.165) is 16.3 Å². The number of hydrogen-bond donors (Lipinski definition) is 2. The molecular weight excluding hydrogens is 462 g/mol. The van der Waals surface area contributed by atoms with Crippen LogP contribution < -0.4 is 10.6 Å². The lowest BCUT2D eigenvalue weighted by Gasteiger charge is -2.18. The molecule has 0 radical (unpaired) electrons. The zero-order chi connectivity index (χ0) is 18.6. The van der Waals surface area contributed by atoms with E-state index in [2.05, 4.69) is 46.8 Å². The molecule has 144 valence electrons. The Morgan fingerprint density at radius 2 is 2.04 bits per heavy atom. The number of benzene rings is 1. The Kier molecular flexibility index (Phi) is 8.46. The van der Waals surface area contributed by atoms with Crippen LogP contribution in [-0.4, -0.2) is 18.0 Å². The van der Waals surface area contributed by atoms with E-state index in [1.807, 2.05) is 13.0 Å². The van der Waals surface area contributed by atoms with Crippen molar-refractivity contribution < 1.29 is 4.39 Å². The van der Waals surface area contributed by atoms with E-state index < -0.39 is 0 Å². The van der Waals surface area contributed by atoms with E-state index in [4.69, 9.17) is 0 Å². The minimum Gasteiger partial charge on any atom is -0.350 e. The zero-order valence-electron chi connectivity index (χ0n) is 16.2. The second-order valence-electron chi connectivity index (χ2n) is 7.18. The van der Waals surface area contributed by atoms with Crippen LogP contribution in [0.5, 0.6) is 0 Å². The first kappa shape index (κ1) is 22.8. The summed E-state index contributed by atoms with van der Waals surface area (Å²) in [5, 5.41) is 9.67. The number of nitrogens with one attached hydrogen (secondary N) is 2. The number of guanidine groups is 1. The summed E-state index contributed by atoms with van der Waals surface area (Å²) in [6.45, 7) is 10.8. The fourth-order valence-electron chi connectivity index (χ4n) is 2.26. The van der Waals surface area contributed by atoms with Crippen LogP contribution in [0.15, 0.2) is 28.6 Å². The van der Waals surface area contributed by atoms with E-state index in [9.17, 15) is 4.39 Å². The van der Waals surface area contributed by atoms with Gasteiger partial charge in [-0.1, -0.05) is 32.9 Å². The van der Waals surface area contributed by atoms with E-state index >= 15 is 0 Å². The molecule has 2 aromatic rings. The molecule has 4 nitrogen and oxygen atoms in total. The third-order valence-electron chi connectivity index (χ3n) is 4.00. The predicted octanol–water partition coefficient (Wildman–Crippen LogP) is 4.93. The summed E-state index contributed by atoms with van der Waals surface area (Å²) in [6.07, 6.45) is 0. The lowest BCUT2D eigenvalue weighted by Crippen LogP contribution is -2.38. The van der Waals surface area contributed by atoms with Crippen LogP contribution in [0, 0.1) is 12.7 Å². The molecule has 1 aromatic carbocycles. The first-order chi connectivity index (χ1) is 11.7. The Morgan fingerprint density at radius 3 is 2.58 bits per heavy atom. The van der Waals surface area contributed by atoms with Crippen LogP contribution in [0.3, 0.4) is 0 Å². The highest BCUT2D eigenvalue weighted by Gasteiger charge is 2.17. The third-order valence-corrected chi connectivity index (χ3v) is 4.85. The largest absolute Gasteiger partial charge is 0.350 e. The molecule has 0 saturated heterocycles. The molecule has 26 heavy (non-hydrogen) atoms. The molecule has 1 aromatic heterocycles.